The van der Waals surface area contributed by atoms with Crippen molar-refractivity contribution in [1.29, 1.82) is 0 Å². The minimum Gasteiger partial charge on any atom is -0.392 e. The van der Waals surface area contributed by atoms with Gasteiger partial charge in [0.1, 0.15) is 0 Å². The lowest BCUT2D eigenvalue weighted by Gasteiger charge is -2.27. The van der Waals surface area contributed by atoms with Crippen LogP contribution in [0, 0.1) is 0 Å². The number of hydrogen-bond donors (Lipinski definition) is 1. The Balaban J connectivity index is 4.34. The maximum atomic E-state index is 11.8. The normalized spacial score (nSPS) is 11.2. The van der Waals surface area contributed by atoms with Gasteiger partial charge in [-0.1, -0.05) is 12.2 Å². The smallest absolute Gasteiger partial charge is 0.225 e. The number of rotatable bonds is 6. The first-order valence-electron chi connectivity index (χ1n) is 4.93. The predicted molar refractivity (Wildman–Crippen MR) is 64.7 cm³/mol. The van der Waals surface area contributed by atoms with Crippen LogP contribution in [0.2, 0.25) is 0 Å². The Hall–Kier alpha value is -0.680. The first-order valence-corrected chi connectivity index (χ1v) is 5.34. The van der Waals surface area contributed by atoms with E-state index in [4.69, 9.17) is 22.7 Å². The van der Waals surface area contributed by atoms with E-state index >= 15 is 0 Å². The Morgan fingerprint density at radius 1 is 1.53 bits per heavy atom. The number of likely N-dealkylation sites (N-methyl/N-ethyl adjacent to an activating group) is 1. The molecule has 0 aromatic rings. The molecule has 0 radical (unpaired) electrons. The highest BCUT2D eigenvalue weighted by Gasteiger charge is 2.24. The van der Waals surface area contributed by atoms with Crippen molar-refractivity contribution in [3.05, 3.63) is 0 Å². The second kappa shape index (κ2) is 6.02. The van der Waals surface area contributed by atoms with Crippen LogP contribution < -0.4 is 5.73 Å². The summed E-state index contributed by atoms with van der Waals surface area (Å²) < 4.78 is 5.20. The first-order chi connectivity index (χ1) is 6.82. The number of hydrogen-bond acceptors (Lipinski definition) is 3. The van der Waals surface area contributed by atoms with Crippen molar-refractivity contribution in [2.75, 3.05) is 20.2 Å². The largest absolute Gasteiger partial charge is 0.392 e. The summed E-state index contributed by atoms with van der Waals surface area (Å²) in [5, 5.41) is 0. The maximum absolute atomic E-state index is 11.8. The van der Waals surface area contributed by atoms with Gasteiger partial charge in [-0.05, 0) is 20.8 Å². The van der Waals surface area contributed by atoms with Crippen LogP contribution in [0.15, 0.2) is 0 Å². The average Bonchev–Trinajstić information content (AvgIpc) is 2.13. The van der Waals surface area contributed by atoms with Gasteiger partial charge in [0.05, 0.1) is 23.6 Å². The SMILES string of the molecule is CCN(CC(N)=S)C(=O)CC(C)(C)OC. The van der Waals surface area contributed by atoms with E-state index in [0.717, 1.165) is 0 Å². The van der Waals surface area contributed by atoms with Gasteiger partial charge in [0, 0.05) is 13.7 Å². The van der Waals surface area contributed by atoms with Crippen LogP contribution in [0.1, 0.15) is 27.2 Å². The van der Waals surface area contributed by atoms with Crippen LogP contribution in [0.25, 0.3) is 0 Å². The van der Waals surface area contributed by atoms with Crippen LogP contribution in [-0.2, 0) is 9.53 Å². The summed E-state index contributed by atoms with van der Waals surface area (Å²) in [5.41, 5.74) is 4.97. The highest BCUT2D eigenvalue weighted by molar-refractivity contribution is 7.80. The number of carbonyl (C=O) groups excluding carboxylic acids is 1. The molecule has 0 atom stereocenters. The molecule has 0 bridgehead atoms. The molecule has 4 nitrogen and oxygen atoms in total. The fourth-order valence-corrected chi connectivity index (χ4v) is 1.27. The third-order valence-electron chi connectivity index (χ3n) is 2.21. The summed E-state index contributed by atoms with van der Waals surface area (Å²) in [6.45, 7) is 6.59. The van der Waals surface area contributed by atoms with E-state index in [-0.39, 0.29) is 5.91 Å². The van der Waals surface area contributed by atoms with Crippen LogP contribution in [0.3, 0.4) is 0 Å². The van der Waals surface area contributed by atoms with Crippen LogP contribution in [-0.4, -0.2) is 41.6 Å². The van der Waals surface area contributed by atoms with Gasteiger partial charge in [-0.3, -0.25) is 4.79 Å². The minimum absolute atomic E-state index is 0.0113. The average molecular weight is 232 g/mol. The summed E-state index contributed by atoms with van der Waals surface area (Å²) >= 11 is 4.78. The van der Waals surface area contributed by atoms with E-state index in [2.05, 4.69) is 0 Å². The second-order valence-electron chi connectivity index (χ2n) is 4.01. The second-order valence-corrected chi connectivity index (χ2v) is 4.54. The third-order valence-corrected chi connectivity index (χ3v) is 2.34. The van der Waals surface area contributed by atoms with Crippen LogP contribution >= 0.6 is 12.2 Å². The lowest BCUT2D eigenvalue weighted by Crippen LogP contribution is -2.41. The highest BCUT2D eigenvalue weighted by atomic mass is 32.1. The fraction of sp³-hybridized carbons (Fsp3) is 0.800. The summed E-state index contributed by atoms with van der Waals surface area (Å²) in [6.07, 6.45) is 0.333. The molecule has 0 aliphatic carbocycles. The summed E-state index contributed by atoms with van der Waals surface area (Å²) in [6, 6.07) is 0. The number of carbonyl (C=O) groups is 1. The quantitative estimate of drug-likeness (QED) is 0.692. The topological polar surface area (TPSA) is 55.6 Å². The first kappa shape index (κ1) is 14.3. The van der Waals surface area contributed by atoms with Crippen molar-refractivity contribution in [2.45, 2.75) is 32.8 Å². The van der Waals surface area contributed by atoms with Gasteiger partial charge in [0.25, 0.3) is 0 Å². The molecule has 0 aliphatic rings. The monoisotopic (exact) mass is 232 g/mol. The fourth-order valence-electron chi connectivity index (χ4n) is 1.11. The van der Waals surface area contributed by atoms with Gasteiger partial charge in [-0.25, -0.2) is 0 Å². The molecule has 0 spiro atoms. The lowest BCUT2D eigenvalue weighted by atomic mass is 10.0. The highest BCUT2D eigenvalue weighted by Crippen LogP contribution is 2.14. The molecule has 0 fully saturated rings. The van der Waals surface area contributed by atoms with Gasteiger partial charge < -0.3 is 15.4 Å². The lowest BCUT2D eigenvalue weighted by molar-refractivity contribution is -0.135. The van der Waals surface area contributed by atoms with Crippen molar-refractivity contribution in [3.8, 4) is 0 Å². The van der Waals surface area contributed by atoms with Crippen molar-refractivity contribution in [2.24, 2.45) is 5.73 Å². The minimum atomic E-state index is -0.444. The van der Waals surface area contributed by atoms with Crippen LogP contribution in [0.5, 0.6) is 0 Å². The van der Waals surface area contributed by atoms with Crippen molar-refractivity contribution < 1.29 is 9.53 Å². The zero-order valence-corrected chi connectivity index (χ0v) is 10.7. The molecule has 0 aliphatic heterocycles. The zero-order valence-electron chi connectivity index (χ0n) is 9.87. The predicted octanol–water partition coefficient (Wildman–Crippen LogP) is 0.936. The number of nitrogens with two attached hydrogens (primary N) is 1. The molecule has 0 heterocycles. The summed E-state index contributed by atoms with van der Waals surface area (Å²) in [4.78, 5) is 13.8. The van der Waals surface area contributed by atoms with Gasteiger partial charge in [-0.2, -0.15) is 0 Å². The Kier molecular flexibility index (Phi) is 5.75. The molecule has 15 heavy (non-hydrogen) atoms. The Morgan fingerprint density at radius 3 is 2.40 bits per heavy atom. The molecular weight excluding hydrogens is 212 g/mol. The molecule has 1 amide bonds. The Bertz CT molecular complexity index is 242. The molecule has 0 rings (SSSR count). The molecule has 5 heteroatoms. The van der Waals surface area contributed by atoms with Gasteiger partial charge >= 0.3 is 0 Å². The van der Waals surface area contributed by atoms with E-state index in [0.29, 0.717) is 24.5 Å². The van der Waals surface area contributed by atoms with Gasteiger partial charge in [0.15, 0.2) is 0 Å². The standard InChI is InChI=1S/C10H20N2O2S/c1-5-12(7-8(11)15)9(13)6-10(2,3)14-4/h5-7H2,1-4H3,(H2,11,15). The Morgan fingerprint density at radius 2 is 2.07 bits per heavy atom. The molecular formula is C10H20N2O2S. The molecule has 88 valence electrons. The molecule has 0 saturated carbocycles. The van der Waals surface area contributed by atoms with E-state index in [9.17, 15) is 4.79 Å². The van der Waals surface area contributed by atoms with E-state index < -0.39 is 5.60 Å². The van der Waals surface area contributed by atoms with Gasteiger partial charge in [-0.15, -0.1) is 0 Å². The van der Waals surface area contributed by atoms with Crippen molar-refractivity contribution >= 4 is 23.1 Å². The number of amides is 1. The molecule has 0 aromatic carbocycles. The molecule has 0 unspecified atom stereocenters. The van der Waals surface area contributed by atoms with Crippen molar-refractivity contribution in [3.63, 3.8) is 0 Å². The zero-order chi connectivity index (χ0) is 12.1. The van der Waals surface area contributed by atoms with Gasteiger partial charge in [0.2, 0.25) is 5.91 Å². The molecule has 0 aromatic heterocycles. The molecule has 2 N–H and O–H groups in total. The van der Waals surface area contributed by atoms with Crippen LogP contribution in [0.4, 0.5) is 0 Å². The summed E-state index contributed by atoms with van der Waals surface area (Å²) in [5.74, 6) is 0.0113. The maximum Gasteiger partial charge on any atom is 0.225 e. The van der Waals surface area contributed by atoms with E-state index in [1.54, 1.807) is 12.0 Å². The number of thiocarbonyl (C=S) groups is 1. The van der Waals surface area contributed by atoms with E-state index in [1.807, 2.05) is 20.8 Å². The Labute approximate surface area is 96.8 Å². The number of nitrogens with zero attached hydrogens (tertiary/aromatic N) is 1. The van der Waals surface area contributed by atoms with E-state index in [1.165, 1.54) is 0 Å². The number of methoxy groups -OCH3 is 1. The number of ether oxygens (including phenoxy) is 1. The summed E-state index contributed by atoms with van der Waals surface area (Å²) in [7, 11) is 1.59. The van der Waals surface area contributed by atoms with Crippen molar-refractivity contribution in [1.82, 2.24) is 4.90 Å². The molecule has 0 saturated heterocycles. The third kappa shape index (κ3) is 5.69.